The minimum Gasteiger partial charge on any atom is -0.325 e. The summed E-state index contributed by atoms with van der Waals surface area (Å²) in [6, 6.07) is 10.1. The molecule has 0 spiro atoms. The van der Waals surface area contributed by atoms with Crippen molar-refractivity contribution in [3.63, 3.8) is 0 Å². The first-order chi connectivity index (χ1) is 9.24. The summed E-state index contributed by atoms with van der Waals surface area (Å²) in [5.41, 5.74) is 0.858. The van der Waals surface area contributed by atoms with Crippen LogP contribution < -0.4 is 10.6 Å². The first-order valence-corrected chi connectivity index (χ1v) is 7.01. The number of carbonyl (C=O) groups is 1. The van der Waals surface area contributed by atoms with E-state index in [2.05, 4.69) is 15.5 Å². The predicted octanol–water partition coefficient (Wildman–Crippen LogP) is 1.70. The van der Waals surface area contributed by atoms with E-state index in [0.29, 0.717) is 12.6 Å². The Bertz CT molecular complexity index is 388. The maximum atomic E-state index is 11.9. The number of rotatable bonds is 5. The summed E-state index contributed by atoms with van der Waals surface area (Å²) in [6.07, 6.45) is 3.78. The van der Waals surface area contributed by atoms with Crippen LogP contribution in [0.5, 0.6) is 0 Å². The van der Waals surface area contributed by atoms with Gasteiger partial charge in [-0.1, -0.05) is 24.6 Å². The van der Waals surface area contributed by atoms with Crippen LogP contribution in [-0.4, -0.2) is 43.5 Å². The van der Waals surface area contributed by atoms with E-state index in [1.165, 1.54) is 19.3 Å². The van der Waals surface area contributed by atoms with Gasteiger partial charge in [0.1, 0.15) is 0 Å². The average Bonchev–Trinajstić information content (AvgIpc) is 2.40. The van der Waals surface area contributed by atoms with E-state index < -0.39 is 0 Å². The molecule has 0 radical (unpaired) electrons. The summed E-state index contributed by atoms with van der Waals surface area (Å²) >= 11 is 0. The largest absolute Gasteiger partial charge is 0.325 e. The summed E-state index contributed by atoms with van der Waals surface area (Å²) in [4.78, 5) is 14.0. The number of benzene rings is 1. The van der Waals surface area contributed by atoms with Gasteiger partial charge in [0.15, 0.2) is 0 Å². The smallest absolute Gasteiger partial charge is 0.238 e. The van der Waals surface area contributed by atoms with Gasteiger partial charge in [0.25, 0.3) is 0 Å². The number of para-hydroxylation sites is 1. The molecule has 19 heavy (non-hydrogen) atoms. The number of nitrogens with zero attached hydrogens (tertiary/aromatic N) is 1. The maximum Gasteiger partial charge on any atom is 0.238 e. The lowest BCUT2D eigenvalue weighted by molar-refractivity contribution is -0.117. The summed E-state index contributed by atoms with van der Waals surface area (Å²) in [5, 5.41) is 6.41. The van der Waals surface area contributed by atoms with Gasteiger partial charge >= 0.3 is 0 Å². The molecule has 2 N–H and O–H groups in total. The van der Waals surface area contributed by atoms with Crippen molar-refractivity contribution in [1.82, 2.24) is 10.2 Å². The minimum absolute atomic E-state index is 0.0458. The number of hydrogen-bond acceptors (Lipinski definition) is 3. The molecule has 1 unspecified atom stereocenters. The summed E-state index contributed by atoms with van der Waals surface area (Å²) in [5.74, 6) is 0.0458. The SMILES string of the molecule is CN(CC(=O)Nc1ccccc1)CC1CCCCN1. The van der Waals surface area contributed by atoms with Crippen LogP contribution in [-0.2, 0) is 4.79 Å². The minimum atomic E-state index is 0.0458. The average molecular weight is 261 g/mol. The fourth-order valence-electron chi connectivity index (χ4n) is 2.49. The number of likely N-dealkylation sites (N-methyl/N-ethyl adjacent to an activating group) is 1. The zero-order valence-electron chi connectivity index (χ0n) is 11.6. The van der Waals surface area contributed by atoms with Gasteiger partial charge in [-0.2, -0.15) is 0 Å². The van der Waals surface area contributed by atoms with Crippen LogP contribution >= 0.6 is 0 Å². The highest BCUT2D eigenvalue weighted by Crippen LogP contribution is 2.08. The molecule has 0 bridgehead atoms. The van der Waals surface area contributed by atoms with Crippen LogP contribution in [0.3, 0.4) is 0 Å². The molecule has 104 valence electrons. The monoisotopic (exact) mass is 261 g/mol. The second-order valence-electron chi connectivity index (χ2n) is 5.26. The summed E-state index contributed by atoms with van der Waals surface area (Å²) < 4.78 is 0. The highest BCUT2D eigenvalue weighted by molar-refractivity contribution is 5.92. The summed E-state index contributed by atoms with van der Waals surface area (Å²) in [6.45, 7) is 2.48. The third kappa shape index (κ3) is 5.01. The van der Waals surface area contributed by atoms with E-state index in [1.54, 1.807) is 0 Å². The van der Waals surface area contributed by atoms with Gasteiger partial charge in [-0.15, -0.1) is 0 Å². The molecule has 0 saturated carbocycles. The molecular formula is C15H23N3O. The second kappa shape index (κ2) is 7.26. The fraction of sp³-hybridized carbons (Fsp3) is 0.533. The quantitative estimate of drug-likeness (QED) is 0.848. The lowest BCUT2D eigenvalue weighted by Crippen LogP contribution is -2.44. The van der Waals surface area contributed by atoms with Crippen molar-refractivity contribution in [3.05, 3.63) is 30.3 Å². The van der Waals surface area contributed by atoms with Crippen molar-refractivity contribution in [3.8, 4) is 0 Å². The molecule has 1 aromatic carbocycles. The lowest BCUT2D eigenvalue weighted by atomic mass is 10.0. The van der Waals surface area contributed by atoms with Gasteiger partial charge in [-0.05, 0) is 38.6 Å². The number of piperidine rings is 1. The number of carbonyl (C=O) groups excluding carboxylic acids is 1. The maximum absolute atomic E-state index is 11.9. The van der Waals surface area contributed by atoms with Gasteiger partial charge < -0.3 is 10.6 Å². The fourth-order valence-corrected chi connectivity index (χ4v) is 2.49. The van der Waals surface area contributed by atoms with Crippen molar-refractivity contribution in [1.29, 1.82) is 0 Å². The molecule has 0 aliphatic carbocycles. The normalized spacial score (nSPS) is 19.4. The van der Waals surface area contributed by atoms with E-state index >= 15 is 0 Å². The molecule has 1 fully saturated rings. The van der Waals surface area contributed by atoms with Gasteiger partial charge in [0, 0.05) is 18.3 Å². The van der Waals surface area contributed by atoms with E-state index in [9.17, 15) is 4.79 Å². The Morgan fingerprint density at radius 3 is 2.84 bits per heavy atom. The predicted molar refractivity (Wildman–Crippen MR) is 78.2 cm³/mol. The van der Waals surface area contributed by atoms with Crippen LogP contribution in [0.2, 0.25) is 0 Å². The van der Waals surface area contributed by atoms with E-state index in [1.807, 2.05) is 37.4 Å². The van der Waals surface area contributed by atoms with Crippen LogP contribution in [0, 0.1) is 0 Å². The van der Waals surface area contributed by atoms with Crippen molar-refractivity contribution < 1.29 is 4.79 Å². The Morgan fingerprint density at radius 2 is 2.16 bits per heavy atom. The second-order valence-corrected chi connectivity index (χ2v) is 5.26. The molecule has 4 nitrogen and oxygen atoms in total. The van der Waals surface area contributed by atoms with Crippen LogP contribution in [0.15, 0.2) is 30.3 Å². The first-order valence-electron chi connectivity index (χ1n) is 7.01. The zero-order chi connectivity index (χ0) is 13.5. The van der Waals surface area contributed by atoms with Gasteiger partial charge in [0.2, 0.25) is 5.91 Å². The molecule has 4 heteroatoms. The Labute approximate surface area is 115 Å². The molecule has 1 atom stereocenters. The van der Waals surface area contributed by atoms with Crippen LogP contribution in [0.25, 0.3) is 0 Å². The Balaban J connectivity index is 1.72. The van der Waals surface area contributed by atoms with Crippen molar-refractivity contribution in [2.24, 2.45) is 0 Å². The number of amides is 1. The standard InChI is InChI=1S/C15H23N3O/c1-18(11-14-9-5-6-10-16-14)12-15(19)17-13-7-3-2-4-8-13/h2-4,7-8,14,16H,5-6,9-12H2,1H3,(H,17,19). The first kappa shape index (κ1) is 14.0. The lowest BCUT2D eigenvalue weighted by Gasteiger charge is -2.27. The molecule has 1 aromatic rings. The van der Waals surface area contributed by atoms with Crippen molar-refractivity contribution in [2.45, 2.75) is 25.3 Å². The Hall–Kier alpha value is -1.39. The number of anilines is 1. The highest BCUT2D eigenvalue weighted by Gasteiger charge is 2.15. The molecule has 0 aromatic heterocycles. The van der Waals surface area contributed by atoms with Gasteiger partial charge in [-0.3, -0.25) is 9.69 Å². The summed E-state index contributed by atoms with van der Waals surface area (Å²) in [7, 11) is 2.00. The third-order valence-electron chi connectivity index (χ3n) is 3.42. The molecule has 1 saturated heterocycles. The van der Waals surface area contributed by atoms with Crippen LogP contribution in [0.4, 0.5) is 5.69 Å². The Morgan fingerprint density at radius 1 is 1.37 bits per heavy atom. The topological polar surface area (TPSA) is 44.4 Å². The molecule has 1 amide bonds. The molecular weight excluding hydrogens is 238 g/mol. The molecule has 2 rings (SSSR count). The van der Waals surface area contributed by atoms with Crippen molar-refractivity contribution in [2.75, 3.05) is 32.0 Å². The zero-order valence-corrected chi connectivity index (χ0v) is 11.6. The van der Waals surface area contributed by atoms with E-state index in [4.69, 9.17) is 0 Å². The van der Waals surface area contributed by atoms with Gasteiger partial charge in [0.05, 0.1) is 6.54 Å². The van der Waals surface area contributed by atoms with Crippen molar-refractivity contribution >= 4 is 11.6 Å². The molecule has 1 aliphatic rings. The Kier molecular flexibility index (Phi) is 5.36. The van der Waals surface area contributed by atoms with E-state index in [-0.39, 0.29) is 5.91 Å². The molecule has 1 aliphatic heterocycles. The number of hydrogen-bond donors (Lipinski definition) is 2. The third-order valence-corrected chi connectivity index (χ3v) is 3.42. The van der Waals surface area contributed by atoms with E-state index in [0.717, 1.165) is 18.8 Å². The highest BCUT2D eigenvalue weighted by atomic mass is 16.2. The number of nitrogens with one attached hydrogen (secondary N) is 2. The van der Waals surface area contributed by atoms with Crippen LogP contribution in [0.1, 0.15) is 19.3 Å². The van der Waals surface area contributed by atoms with Gasteiger partial charge in [-0.25, -0.2) is 0 Å². The molecule has 1 heterocycles.